The van der Waals surface area contributed by atoms with Crippen LogP contribution < -0.4 is 5.32 Å². The molecule has 150 valence electrons. The molecule has 0 aliphatic heterocycles. The number of fused-ring (bicyclic) bond motifs is 2. The van der Waals surface area contributed by atoms with E-state index in [9.17, 15) is 4.79 Å². The van der Waals surface area contributed by atoms with Crippen molar-refractivity contribution >= 4 is 44.7 Å². The van der Waals surface area contributed by atoms with Gasteiger partial charge in [-0.1, -0.05) is 12.1 Å². The Hall–Kier alpha value is -3.79. The number of hydrogen-bond acceptors (Lipinski definition) is 6. The maximum atomic E-state index is 13.0. The minimum absolute atomic E-state index is 0.238. The molecule has 0 aliphatic carbocycles. The molecule has 1 aromatic carbocycles. The van der Waals surface area contributed by atoms with Gasteiger partial charge in [0, 0.05) is 43.4 Å². The molecule has 10 heteroatoms. The predicted molar refractivity (Wildman–Crippen MR) is 115 cm³/mol. The Kier molecular flexibility index (Phi) is 4.40. The van der Waals surface area contributed by atoms with Crippen LogP contribution in [-0.2, 0) is 20.0 Å². The number of benzene rings is 1. The molecule has 5 rings (SSSR count). The van der Waals surface area contributed by atoms with Gasteiger partial charge in [-0.2, -0.15) is 10.2 Å². The van der Waals surface area contributed by atoms with Gasteiger partial charge in [-0.05, 0) is 17.2 Å². The van der Waals surface area contributed by atoms with Gasteiger partial charge in [-0.15, -0.1) is 11.3 Å². The Morgan fingerprint density at radius 3 is 3.03 bits per heavy atom. The fourth-order valence-corrected chi connectivity index (χ4v) is 4.77. The second-order valence-electron chi connectivity index (χ2n) is 6.94. The fraction of sp³-hybridized carbons (Fsp3) is 0.150. The van der Waals surface area contributed by atoms with Crippen molar-refractivity contribution in [1.29, 1.82) is 5.41 Å². The summed E-state index contributed by atoms with van der Waals surface area (Å²) in [4.78, 5) is 17.7. The quantitative estimate of drug-likeness (QED) is 0.316. The third-order valence-corrected chi connectivity index (χ3v) is 6.17. The highest BCUT2D eigenvalue weighted by atomic mass is 32.1. The zero-order valence-corrected chi connectivity index (χ0v) is 16.9. The lowest BCUT2D eigenvalue weighted by atomic mass is 10.1. The number of hydrogen-bond donors (Lipinski definition) is 4. The topological polar surface area (TPSA) is 128 Å². The molecule has 4 aromatic heterocycles. The van der Waals surface area contributed by atoms with Crippen LogP contribution in [0, 0.1) is 5.41 Å². The summed E-state index contributed by atoms with van der Waals surface area (Å²) in [6, 6.07) is 5.83. The number of nitrogens with zero attached hydrogens (tertiary/aromatic N) is 4. The third kappa shape index (κ3) is 2.98. The Balaban J connectivity index is 1.43. The SMILES string of the molecule is Cn1c(C(=O)NCc2cccc3[nH]ncc23)c(C=N)c2sc(Cc3cn[nH]c3)nc21. The van der Waals surface area contributed by atoms with Gasteiger partial charge >= 0.3 is 0 Å². The van der Waals surface area contributed by atoms with Crippen LogP contribution in [0.1, 0.15) is 32.2 Å². The lowest BCUT2D eigenvalue weighted by molar-refractivity contribution is 0.0943. The largest absolute Gasteiger partial charge is 0.347 e. The normalized spacial score (nSPS) is 11.4. The third-order valence-electron chi connectivity index (χ3n) is 5.09. The maximum Gasteiger partial charge on any atom is 0.268 e. The molecule has 0 saturated carbocycles. The number of rotatable bonds is 6. The van der Waals surface area contributed by atoms with E-state index in [1.54, 1.807) is 17.0 Å². The van der Waals surface area contributed by atoms with Gasteiger partial charge < -0.3 is 15.3 Å². The van der Waals surface area contributed by atoms with Crippen molar-refractivity contribution in [2.24, 2.45) is 7.05 Å². The Morgan fingerprint density at radius 1 is 1.33 bits per heavy atom. The van der Waals surface area contributed by atoms with Gasteiger partial charge in [0.15, 0.2) is 5.65 Å². The summed E-state index contributed by atoms with van der Waals surface area (Å²) in [7, 11) is 1.81. The molecule has 0 bridgehead atoms. The minimum Gasteiger partial charge on any atom is -0.347 e. The molecular weight excluding hydrogens is 400 g/mol. The standard InChI is InChI=1S/C20H18N8OS/c1-28-17(20(29)22-9-12-3-2-4-15-14(12)10-25-27-15)13(6-21)18-19(28)26-16(30-18)5-11-7-23-24-8-11/h2-4,6-8,10,21H,5,9H2,1H3,(H,22,29)(H,23,24)(H,25,27). The number of carbonyl (C=O) groups is 1. The number of H-pyrrole nitrogens is 2. The molecule has 0 aliphatic rings. The minimum atomic E-state index is -0.238. The predicted octanol–water partition coefficient (Wildman–Crippen LogP) is 2.75. The molecule has 5 aromatic rings. The van der Waals surface area contributed by atoms with E-state index in [1.165, 1.54) is 17.6 Å². The summed E-state index contributed by atoms with van der Waals surface area (Å²) < 4.78 is 2.60. The smallest absolute Gasteiger partial charge is 0.268 e. The van der Waals surface area contributed by atoms with Crippen LogP contribution in [0.3, 0.4) is 0 Å². The molecular formula is C20H18N8OS. The summed E-state index contributed by atoms with van der Waals surface area (Å²) in [6.07, 6.45) is 7.24. The molecule has 0 fully saturated rings. The van der Waals surface area contributed by atoms with E-state index < -0.39 is 0 Å². The van der Waals surface area contributed by atoms with E-state index in [2.05, 4.69) is 25.7 Å². The lowest BCUT2D eigenvalue weighted by Gasteiger charge is -2.08. The Bertz CT molecular complexity index is 1370. The van der Waals surface area contributed by atoms with Crippen molar-refractivity contribution in [3.63, 3.8) is 0 Å². The monoisotopic (exact) mass is 418 g/mol. The van der Waals surface area contributed by atoms with Crippen molar-refractivity contribution in [3.8, 4) is 0 Å². The molecule has 0 atom stereocenters. The first-order valence-electron chi connectivity index (χ1n) is 9.31. The van der Waals surface area contributed by atoms with E-state index >= 15 is 0 Å². The molecule has 4 N–H and O–H groups in total. The molecule has 9 nitrogen and oxygen atoms in total. The number of nitrogens with one attached hydrogen (secondary N) is 4. The average molecular weight is 418 g/mol. The first kappa shape index (κ1) is 18.3. The summed E-state index contributed by atoms with van der Waals surface area (Å²) in [5, 5.41) is 26.5. The molecule has 4 heterocycles. The molecule has 0 saturated heterocycles. The number of carbonyl (C=O) groups excluding carboxylic acids is 1. The second kappa shape index (κ2) is 7.23. The molecule has 1 amide bonds. The Morgan fingerprint density at radius 2 is 2.23 bits per heavy atom. The zero-order valence-electron chi connectivity index (χ0n) is 16.1. The highest BCUT2D eigenvalue weighted by Gasteiger charge is 2.23. The van der Waals surface area contributed by atoms with Gasteiger partial charge in [0.2, 0.25) is 0 Å². The van der Waals surface area contributed by atoms with Crippen molar-refractivity contribution in [3.05, 3.63) is 64.2 Å². The Labute approximate surface area is 174 Å². The van der Waals surface area contributed by atoms with Crippen molar-refractivity contribution in [1.82, 2.24) is 35.3 Å². The van der Waals surface area contributed by atoms with E-state index in [4.69, 9.17) is 10.4 Å². The highest BCUT2D eigenvalue weighted by molar-refractivity contribution is 7.19. The van der Waals surface area contributed by atoms with Gasteiger partial charge in [0.05, 0.1) is 22.6 Å². The fourth-order valence-electron chi connectivity index (χ4n) is 3.63. The van der Waals surface area contributed by atoms with E-state index in [1.807, 2.05) is 31.4 Å². The maximum absolute atomic E-state index is 13.0. The van der Waals surface area contributed by atoms with Gasteiger partial charge in [-0.3, -0.25) is 15.0 Å². The number of aromatic nitrogens is 6. The van der Waals surface area contributed by atoms with Crippen molar-refractivity contribution < 1.29 is 4.79 Å². The average Bonchev–Trinajstić information content (AvgIpc) is 3.52. The molecule has 0 unspecified atom stereocenters. The van der Waals surface area contributed by atoms with E-state index in [0.29, 0.717) is 29.9 Å². The van der Waals surface area contributed by atoms with Gasteiger partial charge in [0.1, 0.15) is 10.7 Å². The van der Waals surface area contributed by atoms with Crippen molar-refractivity contribution in [2.75, 3.05) is 0 Å². The van der Waals surface area contributed by atoms with Crippen LogP contribution in [0.15, 0.2) is 36.8 Å². The summed E-state index contributed by atoms with van der Waals surface area (Å²) in [5.74, 6) is -0.238. The zero-order chi connectivity index (χ0) is 20.7. The molecule has 0 spiro atoms. The number of thiazole rings is 1. The van der Waals surface area contributed by atoms with Crippen LogP contribution in [-0.4, -0.2) is 42.1 Å². The van der Waals surface area contributed by atoms with Crippen LogP contribution in [0.5, 0.6) is 0 Å². The first-order chi connectivity index (χ1) is 14.7. The first-order valence-corrected chi connectivity index (χ1v) is 10.1. The number of aryl methyl sites for hydroxylation is 1. The second-order valence-corrected chi connectivity index (χ2v) is 8.02. The van der Waals surface area contributed by atoms with Crippen LogP contribution in [0.4, 0.5) is 0 Å². The number of amides is 1. The van der Waals surface area contributed by atoms with Gasteiger partial charge in [0.25, 0.3) is 5.91 Å². The highest BCUT2D eigenvalue weighted by Crippen LogP contribution is 2.30. The lowest BCUT2D eigenvalue weighted by Crippen LogP contribution is -2.26. The van der Waals surface area contributed by atoms with Crippen molar-refractivity contribution in [2.45, 2.75) is 13.0 Å². The van der Waals surface area contributed by atoms with Crippen LogP contribution >= 0.6 is 11.3 Å². The van der Waals surface area contributed by atoms with E-state index in [-0.39, 0.29) is 5.91 Å². The van der Waals surface area contributed by atoms with E-state index in [0.717, 1.165) is 31.7 Å². The van der Waals surface area contributed by atoms with Gasteiger partial charge in [-0.25, -0.2) is 4.98 Å². The van der Waals surface area contributed by atoms with Crippen LogP contribution in [0.25, 0.3) is 21.3 Å². The molecule has 0 radical (unpaired) electrons. The number of aromatic amines is 2. The summed E-state index contributed by atoms with van der Waals surface area (Å²) in [5.41, 5.74) is 4.67. The summed E-state index contributed by atoms with van der Waals surface area (Å²) >= 11 is 1.50. The van der Waals surface area contributed by atoms with Crippen LogP contribution in [0.2, 0.25) is 0 Å². The summed E-state index contributed by atoms with van der Waals surface area (Å²) in [6.45, 7) is 0.366. The molecule has 30 heavy (non-hydrogen) atoms.